The molecule has 2 aromatic rings. The van der Waals surface area contributed by atoms with Crippen LogP contribution < -0.4 is 5.73 Å². The van der Waals surface area contributed by atoms with Crippen molar-refractivity contribution < 1.29 is 0 Å². The second-order valence-corrected chi connectivity index (χ2v) is 3.71. The average Bonchev–Trinajstić information content (AvgIpc) is 2.27. The highest BCUT2D eigenvalue weighted by atomic mass is 35.5. The third-order valence-electron chi connectivity index (χ3n) is 2.26. The van der Waals surface area contributed by atoms with Gasteiger partial charge in [-0.1, -0.05) is 36.4 Å². The minimum absolute atomic E-state index is 0.255. The fourth-order valence-electron chi connectivity index (χ4n) is 1.52. The monoisotopic (exact) mass is 231 g/mol. The quantitative estimate of drug-likeness (QED) is 0.443. The van der Waals surface area contributed by atoms with E-state index < -0.39 is 0 Å². The van der Waals surface area contributed by atoms with Crippen LogP contribution in [0.25, 0.3) is 10.8 Å². The SMILES string of the molecule is N=C(Cl)N=C(N)c1ccc2ccccc2c1. The van der Waals surface area contributed by atoms with Gasteiger partial charge >= 0.3 is 0 Å². The van der Waals surface area contributed by atoms with Gasteiger partial charge in [0.25, 0.3) is 0 Å². The zero-order valence-corrected chi connectivity index (χ0v) is 9.20. The standard InChI is InChI=1S/C12H10ClN3/c13-12(15)16-11(14)10-6-5-8-3-1-2-4-9(8)7-10/h1-7H,(H3,14,15,16). The molecule has 0 heterocycles. The van der Waals surface area contributed by atoms with E-state index in [0.29, 0.717) is 0 Å². The van der Waals surface area contributed by atoms with E-state index in [2.05, 4.69) is 4.99 Å². The van der Waals surface area contributed by atoms with Gasteiger partial charge in [-0.2, -0.15) is 0 Å². The molecule has 0 aliphatic heterocycles. The van der Waals surface area contributed by atoms with Crippen molar-refractivity contribution in [1.82, 2.24) is 0 Å². The van der Waals surface area contributed by atoms with Crippen LogP contribution >= 0.6 is 11.6 Å². The Labute approximate surface area is 98.1 Å². The van der Waals surface area contributed by atoms with E-state index in [0.717, 1.165) is 16.3 Å². The van der Waals surface area contributed by atoms with Gasteiger partial charge in [-0.15, -0.1) is 0 Å². The molecule has 0 aromatic heterocycles. The Balaban J connectivity index is 2.51. The fraction of sp³-hybridized carbons (Fsp3) is 0. The molecule has 0 radical (unpaired) electrons. The van der Waals surface area contributed by atoms with Gasteiger partial charge in [-0.05, 0) is 28.4 Å². The van der Waals surface area contributed by atoms with Crippen molar-refractivity contribution in [1.29, 1.82) is 5.41 Å². The van der Waals surface area contributed by atoms with Gasteiger partial charge in [-0.25, -0.2) is 4.99 Å². The highest BCUT2D eigenvalue weighted by molar-refractivity contribution is 6.64. The molecule has 16 heavy (non-hydrogen) atoms. The molecular formula is C12H10ClN3. The summed E-state index contributed by atoms with van der Waals surface area (Å²) in [5.74, 6) is 0.255. The first-order chi connectivity index (χ1) is 7.66. The highest BCUT2D eigenvalue weighted by Crippen LogP contribution is 2.15. The summed E-state index contributed by atoms with van der Waals surface area (Å²) in [7, 11) is 0. The van der Waals surface area contributed by atoms with E-state index >= 15 is 0 Å². The number of nitrogens with one attached hydrogen (secondary N) is 1. The van der Waals surface area contributed by atoms with E-state index in [-0.39, 0.29) is 11.1 Å². The van der Waals surface area contributed by atoms with Gasteiger partial charge in [0.05, 0.1) is 0 Å². The van der Waals surface area contributed by atoms with Gasteiger partial charge in [0, 0.05) is 5.56 Å². The first kappa shape index (κ1) is 10.6. The van der Waals surface area contributed by atoms with Crippen molar-refractivity contribution in [3.63, 3.8) is 0 Å². The predicted octanol–water partition coefficient (Wildman–Crippen LogP) is 2.72. The Kier molecular flexibility index (Phi) is 2.88. The van der Waals surface area contributed by atoms with Crippen molar-refractivity contribution in [2.24, 2.45) is 10.7 Å². The number of nitrogens with two attached hydrogens (primary N) is 1. The van der Waals surface area contributed by atoms with Gasteiger partial charge in [0.2, 0.25) is 5.29 Å². The van der Waals surface area contributed by atoms with E-state index in [1.165, 1.54) is 0 Å². The number of hydrogen-bond acceptors (Lipinski definition) is 1. The topological polar surface area (TPSA) is 62.2 Å². The maximum absolute atomic E-state index is 7.03. The van der Waals surface area contributed by atoms with Crippen molar-refractivity contribution in [3.8, 4) is 0 Å². The van der Waals surface area contributed by atoms with E-state index in [1.807, 2.05) is 42.5 Å². The van der Waals surface area contributed by atoms with Crippen LogP contribution in [0.4, 0.5) is 0 Å². The highest BCUT2D eigenvalue weighted by Gasteiger charge is 2.00. The Morgan fingerprint density at radius 3 is 2.50 bits per heavy atom. The summed E-state index contributed by atoms with van der Waals surface area (Å²) in [4.78, 5) is 3.70. The molecule has 2 aromatic carbocycles. The maximum Gasteiger partial charge on any atom is 0.216 e. The molecule has 0 bridgehead atoms. The molecule has 0 fully saturated rings. The lowest BCUT2D eigenvalue weighted by Gasteiger charge is -2.02. The van der Waals surface area contributed by atoms with E-state index in [1.54, 1.807) is 0 Å². The lowest BCUT2D eigenvalue weighted by molar-refractivity contribution is 1.46. The number of amidine groups is 2. The summed E-state index contributed by atoms with van der Waals surface area (Å²) in [6.45, 7) is 0. The van der Waals surface area contributed by atoms with Crippen molar-refractivity contribution in [2.75, 3.05) is 0 Å². The average molecular weight is 232 g/mol. The number of aliphatic imine (C=N–C) groups is 1. The molecule has 3 nitrogen and oxygen atoms in total. The van der Waals surface area contributed by atoms with Crippen LogP contribution in [0.5, 0.6) is 0 Å². The molecule has 0 aliphatic carbocycles. The number of fused-ring (bicyclic) bond motifs is 1. The summed E-state index contributed by atoms with van der Waals surface area (Å²) in [5.41, 5.74) is 6.48. The Bertz CT molecular complexity index is 575. The number of benzene rings is 2. The summed E-state index contributed by atoms with van der Waals surface area (Å²) < 4.78 is 0. The number of hydrogen-bond donors (Lipinski definition) is 2. The molecule has 0 saturated heterocycles. The fourth-order valence-corrected chi connectivity index (χ4v) is 1.61. The zero-order valence-electron chi connectivity index (χ0n) is 8.44. The van der Waals surface area contributed by atoms with Gasteiger partial charge < -0.3 is 5.73 Å². The number of halogens is 1. The third kappa shape index (κ3) is 2.20. The first-order valence-corrected chi connectivity index (χ1v) is 5.12. The smallest absolute Gasteiger partial charge is 0.216 e. The maximum atomic E-state index is 7.03. The molecule has 0 atom stereocenters. The second kappa shape index (κ2) is 4.33. The molecule has 80 valence electrons. The van der Waals surface area contributed by atoms with Crippen molar-refractivity contribution >= 4 is 33.5 Å². The van der Waals surface area contributed by atoms with Crippen LogP contribution in [0.15, 0.2) is 47.5 Å². The largest absolute Gasteiger partial charge is 0.383 e. The summed E-state index contributed by atoms with van der Waals surface area (Å²) >= 11 is 5.36. The summed E-state index contributed by atoms with van der Waals surface area (Å²) in [5, 5.41) is 8.94. The van der Waals surface area contributed by atoms with Gasteiger partial charge in [0.1, 0.15) is 5.84 Å². The van der Waals surface area contributed by atoms with Crippen LogP contribution in [0, 0.1) is 5.41 Å². The molecule has 0 saturated carbocycles. The minimum atomic E-state index is -0.314. The van der Waals surface area contributed by atoms with Crippen LogP contribution in [0.1, 0.15) is 5.56 Å². The molecular weight excluding hydrogens is 222 g/mol. The van der Waals surface area contributed by atoms with Crippen LogP contribution in [-0.4, -0.2) is 11.1 Å². The lowest BCUT2D eigenvalue weighted by atomic mass is 10.1. The second-order valence-electron chi connectivity index (χ2n) is 3.35. The van der Waals surface area contributed by atoms with Crippen LogP contribution in [0.3, 0.4) is 0 Å². The first-order valence-electron chi connectivity index (χ1n) is 4.74. The van der Waals surface area contributed by atoms with Gasteiger partial charge in [0.15, 0.2) is 0 Å². The number of rotatable bonds is 1. The third-order valence-corrected chi connectivity index (χ3v) is 2.35. The molecule has 0 unspecified atom stereocenters. The molecule has 4 heteroatoms. The number of nitrogens with zero attached hydrogens (tertiary/aromatic N) is 1. The van der Waals surface area contributed by atoms with Crippen molar-refractivity contribution in [3.05, 3.63) is 48.0 Å². The molecule has 3 N–H and O–H groups in total. The molecule has 0 spiro atoms. The molecule has 0 aliphatic rings. The summed E-state index contributed by atoms with van der Waals surface area (Å²) in [6.07, 6.45) is 0. The van der Waals surface area contributed by atoms with Gasteiger partial charge in [-0.3, -0.25) is 5.41 Å². The molecule has 2 rings (SSSR count). The Morgan fingerprint density at radius 2 is 1.81 bits per heavy atom. The minimum Gasteiger partial charge on any atom is -0.383 e. The van der Waals surface area contributed by atoms with Crippen LogP contribution in [0.2, 0.25) is 0 Å². The predicted molar refractivity (Wildman–Crippen MR) is 68.3 cm³/mol. The zero-order chi connectivity index (χ0) is 11.5. The lowest BCUT2D eigenvalue weighted by Crippen LogP contribution is -2.14. The summed E-state index contributed by atoms with van der Waals surface area (Å²) in [6, 6.07) is 13.7. The Morgan fingerprint density at radius 1 is 1.12 bits per heavy atom. The van der Waals surface area contributed by atoms with Crippen molar-refractivity contribution in [2.45, 2.75) is 0 Å². The van der Waals surface area contributed by atoms with E-state index in [4.69, 9.17) is 22.7 Å². The molecule has 0 amide bonds. The Hall–Kier alpha value is -1.87. The normalized spacial score (nSPS) is 11.7. The van der Waals surface area contributed by atoms with E-state index in [9.17, 15) is 0 Å². The van der Waals surface area contributed by atoms with Crippen LogP contribution in [-0.2, 0) is 0 Å².